The summed E-state index contributed by atoms with van der Waals surface area (Å²) < 4.78 is 5.80. The number of benzene rings is 3. The number of hydrogen-bond donors (Lipinski definition) is 1. The average Bonchev–Trinajstić information content (AvgIpc) is 3.02. The third-order valence-electron chi connectivity index (χ3n) is 4.68. The van der Waals surface area contributed by atoms with Gasteiger partial charge in [0.2, 0.25) is 0 Å². The van der Waals surface area contributed by atoms with Crippen molar-refractivity contribution < 1.29 is 14.3 Å². The summed E-state index contributed by atoms with van der Waals surface area (Å²) in [6.45, 7) is 2.52. The zero-order valence-corrected chi connectivity index (χ0v) is 17.0. The van der Waals surface area contributed by atoms with Gasteiger partial charge in [0.15, 0.2) is 0 Å². The summed E-state index contributed by atoms with van der Waals surface area (Å²) in [6, 6.07) is 21.5. The Morgan fingerprint density at radius 1 is 0.933 bits per heavy atom. The van der Waals surface area contributed by atoms with Crippen LogP contribution in [-0.2, 0) is 11.4 Å². The number of amides is 3. The highest BCUT2D eigenvalue weighted by atomic mass is 35.5. The molecule has 0 aliphatic carbocycles. The molecule has 0 spiro atoms. The van der Waals surface area contributed by atoms with Gasteiger partial charge in [0.05, 0.1) is 5.69 Å². The van der Waals surface area contributed by atoms with Crippen molar-refractivity contribution in [2.24, 2.45) is 0 Å². The van der Waals surface area contributed by atoms with Crippen LogP contribution in [0.2, 0.25) is 5.02 Å². The zero-order valence-electron chi connectivity index (χ0n) is 16.3. The maximum absolute atomic E-state index is 12.7. The molecule has 1 aliphatic rings. The van der Waals surface area contributed by atoms with Crippen molar-refractivity contribution in [1.29, 1.82) is 0 Å². The summed E-state index contributed by atoms with van der Waals surface area (Å²) in [4.78, 5) is 26.0. The number of halogens is 1. The van der Waals surface area contributed by atoms with Crippen LogP contribution < -0.4 is 15.0 Å². The summed E-state index contributed by atoms with van der Waals surface area (Å²) in [7, 11) is 0. The number of urea groups is 1. The molecule has 1 N–H and O–H groups in total. The highest BCUT2D eigenvalue weighted by molar-refractivity contribution is 6.31. The molecular weight excluding hydrogens is 400 g/mol. The first-order valence-corrected chi connectivity index (χ1v) is 9.78. The Hall–Kier alpha value is -3.57. The minimum absolute atomic E-state index is 0.211. The van der Waals surface area contributed by atoms with Crippen LogP contribution in [0.15, 0.2) is 78.5 Å². The van der Waals surface area contributed by atoms with Gasteiger partial charge in [0, 0.05) is 5.02 Å². The molecule has 0 saturated carbocycles. The van der Waals surface area contributed by atoms with Crippen LogP contribution in [0.5, 0.6) is 5.75 Å². The van der Waals surface area contributed by atoms with Gasteiger partial charge in [-0.2, -0.15) is 0 Å². The molecule has 30 heavy (non-hydrogen) atoms. The summed E-state index contributed by atoms with van der Waals surface area (Å²) in [5.41, 5.74) is 3.75. The molecule has 3 amide bonds. The molecule has 5 nitrogen and oxygen atoms in total. The molecule has 3 aromatic rings. The van der Waals surface area contributed by atoms with Crippen molar-refractivity contribution in [1.82, 2.24) is 5.32 Å². The number of carbonyl (C=O) groups is 2. The Bertz CT molecular complexity index is 1100. The topological polar surface area (TPSA) is 58.6 Å². The molecule has 1 heterocycles. The maximum atomic E-state index is 12.7. The van der Waals surface area contributed by atoms with Gasteiger partial charge in [-0.15, -0.1) is 0 Å². The molecule has 0 aromatic heterocycles. The molecule has 1 saturated heterocycles. The second kappa shape index (κ2) is 8.43. The predicted molar refractivity (Wildman–Crippen MR) is 117 cm³/mol. The average molecular weight is 419 g/mol. The van der Waals surface area contributed by atoms with Gasteiger partial charge in [-0.3, -0.25) is 4.79 Å². The van der Waals surface area contributed by atoms with Crippen molar-refractivity contribution in [3.63, 3.8) is 0 Å². The van der Waals surface area contributed by atoms with Crippen LogP contribution in [0.3, 0.4) is 0 Å². The number of hydrogen-bond acceptors (Lipinski definition) is 3. The van der Waals surface area contributed by atoms with Gasteiger partial charge in [-0.25, -0.2) is 9.69 Å². The number of carbonyl (C=O) groups excluding carboxylic acids is 2. The molecule has 1 fully saturated rings. The second-order valence-corrected chi connectivity index (χ2v) is 7.38. The third-order valence-corrected chi connectivity index (χ3v) is 4.93. The summed E-state index contributed by atoms with van der Waals surface area (Å²) in [5, 5.41) is 3.15. The molecule has 0 unspecified atom stereocenters. The lowest BCUT2D eigenvalue weighted by atomic mass is 10.1. The minimum Gasteiger partial charge on any atom is -0.489 e. The first-order chi connectivity index (χ1) is 14.5. The van der Waals surface area contributed by atoms with Gasteiger partial charge in [-0.1, -0.05) is 53.6 Å². The van der Waals surface area contributed by atoms with Crippen molar-refractivity contribution in [3.8, 4) is 5.75 Å². The number of aryl methyl sites for hydroxylation is 1. The van der Waals surface area contributed by atoms with E-state index in [9.17, 15) is 9.59 Å². The Balaban J connectivity index is 1.44. The van der Waals surface area contributed by atoms with E-state index in [2.05, 4.69) is 5.32 Å². The summed E-state index contributed by atoms with van der Waals surface area (Å²) in [6.07, 6.45) is 1.64. The summed E-state index contributed by atoms with van der Waals surface area (Å²) >= 11 is 5.88. The second-order valence-electron chi connectivity index (χ2n) is 6.95. The van der Waals surface area contributed by atoms with E-state index < -0.39 is 11.9 Å². The maximum Gasteiger partial charge on any atom is 0.333 e. The molecule has 0 atom stereocenters. The van der Waals surface area contributed by atoms with E-state index in [1.54, 1.807) is 30.3 Å². The number of nitrogens with one attached hydrogen (secondary N) is 1. The highest BCUT2D eigenvalue weighted by Crippen LogP contribution is 2.24. The van der Waals surface area contributed by atoms with Gasteiger partial charge in [0.25, 0.3) is 5.91 Å². The normalized spacial score (nSPS) is 14.9. The molecule has 4 rings (SSSR count). The van der Waals surface area contributed by atoms with Gasteiger partial charge in [0.1, 0.15) is 18.1 Å². The Labute approximate surface area is 179 Å². The quantitative estimate of drug-likeness (QED) is 0.450. The van der Waals surface area contributed by atoms with Gasteiger partial charge < -0.3 is 10.1 Å². The number of rotatable bonds is 5. The first-order valence-electron chi connectivity index (χ1n) is 9.41. The number of nitrogens with zero attached hydrogens (tertiary/aromatic N) is 1. The molecule has 6 heteroatoms. The van der Waals surface area contributed by atoms with Crippen LogP contribution in [0.1, 0.15) is 16.7 Å². The van der Waals surface area contributed by atoms with Crippen LogP contribution in [-0.4, -0.2) is 11.9 Å². The number of ether oxygens (including phenoxy) is 1. The van der Waals surface area contributed by atoms with E-state index in [1.165, 1.54) is 5.56 Å². The minimum atomic E-state index is -0.494. The van der Waals surface area contributed by atoms with Crippen LogP contribution in [0, 0.1) is 6.92 Å². The van der Waals surface area contributed by atoms with Crippen molar-refractivity contribution in [3.05, 3.63) is 100 Å². The fraction of sp³-hybridized carbons (Fsp3) is 0.0833. The van der Waals surface area contributed by atoms with E-state index in [4.69, 9.17) is 16.3 Å². The smallest absolute Gasteiger partial charge is 0.333 e. The monoisotopic (exact) mass is 418 g/mol. The first kappa shape index (κ1) is 19.7. The van der Waals surface area contributed by atoms with E-state index in [0.29, 0.717) is 17.3 Å². The molecule has 0 bridgehead atoms. The molecule has 3 aromatic carbocycles. The third kappa shape index (κ3) is 4.36. The van der Waals surface area contributed by atoms with Gasteiger partial charge in [-0.05, 0) is 60.5 Å². The van der Waals surface area contributed by atoms with Gasteiger partial charge >= 0.3 is 6.03 Å². The van der Waals surface area contributed by atoms with Crippen molar-refractivity contribution in [2.45, 2.75) is 13.5 Å². The fourth-order valence-corrected chi connectivity index (χ4v) is 3.16. The fourth-order valence-electron chi connectivity index (χ4n) is 3.04. The molecule has 0 radical (unpaired) electrons. The molecule has 1 aliphatic heterocycles. The number of anilines is 1. The Morgan fingerprint density at radius 2 is 1.60 bits per heavy atom. The summed E-state index contributed by atoms with van der Waals surface area (Å²) in [5.74, 6) is 0.310. The van der Waals surface area contributed by atoms with Crippen molar-refractivity contribution >= 4 is 35.3 Å². The highest BCUT2D eigenvalue weighted by Gasteiger charge is 2.34. The van der Waals surface area contributed by atoms with E-state index in [-0.39, 0.29) is 5.70 Å². The van der Waals surface area contributed by atoms with E-state index >= 15 is 0 Å². The lowest BCUT2D eigenvalue weighted by Gasteiger charge is -2.11. The Morgan fingerprint density at radius 3 is 2.27 bits per heavy atom. The Kier molecular flexibility index (Phi) is 5.55. The standard InChI is InChI=1S/C24H19ClN2O3/c1-16-2-4-18(5-3-16)15-30-21-12-6-17(7-13-21)14-22-23(28)27(24(29)26-22)20-10-8-19(25)9-11-20/h2-14H,15H2,1H3,(H,26,29)/b22-14+. The van der Waals surface area contributed by atoms with Crippen LogP contribution in [0.25, 0.3) is 6.08 Å². The zero-order chi connectivity index (χ0) is 21.1. The van der Waals surface area contributed by atoms with E-state index in [0.717, 1.165) is 21.8 Å². The lowest BCUT2D eigenvalue weighted by molar-refractivity contribution is -0.113. The molecular formula is C24H19ClN2O3. The van der Waals surface area contributed by atoms with E-state index in [1.807, 2.05) is 55.5 Å². The predicted octanol–water partition coefficient (Wildman–Crippen LogP) is 5.32. The SMILES string of the molecule is Cc1ccc(COc2ccc(/C=C3/NC(=O)N(c4ccc(Cl)cc4)C3=O)cc2)cc1. The largest absolute Gasteiger partial charge is 0.489 e. The van der Waals surface area contributed by atoms with Crippen molar-refractivity contribution in [2.75, 3.05) is 4.90 Å². The molecule has 150 valence electrons. The lowest BCUT2D eigenvalue weighted by Crippen LogP contribution is -2.30. The van der Waals surface area contributed by atoms with Crippen LogP contribution in [0.4, 0.5) is 10.5 Å². The number of imide groups is 1. The van der Waals surface area contributed by atoms with Crippen LogP contribution >= 0.6 is 11.6 Å².